The van der Waals surface area contributed by atoms with Gasteiger partial charge in [0.05, 0.1) is 30.7 Å². The summed E-state index contributed by atoms with van der Waals surface area (Å²) < 4.78 is 17.4. The number of hydrogen-bond donors (Lipinski definition) is 1. The summed E-state index contributed by atoms with van der Waals surface area (Å²) in [6.45, 7) is 4.52. The number of hydrogen-bond acceptors (Lipinski definition) is 7. The van der Waals surface area contributed by atoms with Crippen LogP contribution in [0.2, 0.25) is 0 Å². The minimum absolute atomic E-state index is 0.0739. The van der Waals surface area contributed by atoms with Crippen LogP contribution in [0.15, 0.2) is 48.8 Å². The van der Waals surface area contributed by atoms with E-state index in [2.05, 4.69) is 15.3 Å². The van der Waals surface area contributed by atoms with E-state index in [1.54, 1.807) is 12.4 Å². The number of rotatable bonds is 10. The lowest BCUT2D eigenvalue weighted by Gasteiger charge is -2.12. The van der Waals surface area contributed by atoms with Crippen LogP contribution in [-0.2, 0) is 4.79 Å². The Morgan fingerprint density at radius 3 is 2.71 bits per heavy atom. The maximum absolute atomic E-state index is 11.1. The molecule has 2 heterocycles. The van der Waals surface area contributed by atoms with E-state index in [4.69, 9.17) is 14.2 Å². The Kier molecular flexibility index (Phi) is 6.66. The molecule has 7 nitrogen and oxygen atoms in total. The second kappa shape index (κ2) is 9.78. The van der Waals surface area contributed by atoms with Gasteiger partial charge in [-0.25, -0.2) is 9.97 Å². The van der Waals surface area contributed by atoms with Crippen LogP contribution in [0.5, 0.6) is 22.3 Å². The van der Waals surface area contributed by atoms with Crippen molar-refractivity contribution in [2.75, 3.05) is 13.2 Å². The average molecular weight is 440 g/mol. The molecule has 0 bridgehead atoms. The molecular formula is C23H25N3O4S. The minimum atomic E-state index is -0.0786. The third-order valence-electron chi connectivity index (χ3n) is 4.59. The second-order valence-corrected chi connectivity index (χ2v) is 8.60. The molecule has 1 fully saturated rings. The van der Waals surface area contributed by atoms with Gasteiger partial charge < -0.3 is 19.5 Å². The molecule has 0 spiro atoms. The number of pyridine rings is 1. The van der Waals surface area contributed by atoms with Gasteiger partial charge in [0.15, 0.2) is 5.06 Å². The molecule has 1 aliphatic carbocycles. The van der Waals surface area contributed by atoms with Crippen LogP contribution in [-0.4, -0.2) is 35.1 Å². The fraction of sp³-hybridized carbons (Fsp3) is 0.348. The molecule has 0 aliphatic heterocycles. The number of ether oxygens (including phenoxy) is 3. The van der Waals surface area contributed by atoms with Crippen LogP contribution in [0.4, 0.5) is 0 Å². The first-order chi connectivity index (χ1) is 15.0. The summed E-state index contributed by atoms with van der Waals surface area (Å²) in [7, 11) is 0. The zero-order valence-electron chi connectivity index (χ0n) is 17.5. The molecule has 0 radical (unpaired) electrons. The molecule has 0 saturated heterocycles. The van der Waals surface area contributed by atoms with E-state index in [1.807, 2.05) is 43.3 Å². The third-order valence-corrected chi connectivity index (χ3v) is 5.52. The molecular weight excluding hydrogens is 414 g/mol. The van der Waals surface area contributed by atoms with Crippen molar-refractivity contribution in [3.05, 3.63) is 48.8 Å². The van der Waals surface area contributed by atoms with Crippen molar-refractivity contribution in [3.8, 4) is 33.0 Å². The summed E-state index contributed by atoms with van der Waals surface area (Å²) in [6, 6.07) is 11.3. The lowest BCUT2D eigenvalue weighted by molar-refractivity contribution is -0.119. The van der Waals surface area contributed by atoms with Crippen molar-refractivity contribution in [3.63, 3.8) is 0 Å². The van der Waals surface area contributed by atoms with Crippen LogP contribution >= 0.6 is 11.3 Å². The Morgan fingerprint density at radius 2 is 1.97 bits per heavy atom. The summed E-state index contributed by atoms with van der Waals surface area (Å²) in [5.74, 6) is 2.79. The Balaban J connectivity index is 1.32. The van der Waals surface area contributed by atoms with E-state index in [0.717, 1.165) is 23.1 Å². The molecule has 1 aliphatic rings. The lowest BCUT2D eigenvalue weighted by Crippen LogP contribution is -2.35. The van der Waals surface area contributed by atoms with E-state index in [1.165, 1.54) is 31.1 Å². The summed E-state index contributed by atoms with van der Waals surface area (Å²) in [6.07, 6.45) is 5.86. The van der Waals surface area contributed by atoms with Gasteiger partial charge >= 0.3 is 0 Å². The fourth-order valence-electron chi connectivity index (χ4n) is 2.87. The predicted octanol–water partition coefficient (Wildman–Crippen LogP) is 4.69. The maximum Gasteiger partial charge on any atom is 0.217 e. The maximum atomic E-state index is 11.1. The van der Waals surface area contributed by atoms with Crippen LogP contribution in [0.1, 0.15) is 26.7 Å². The number of aromatic nitrogens is 2. The second-order valence-electron chi connectivity index (χ2n) is 7.61. The first kappa shape index (κ1) is 21.1. The van der Waals surface area contributed by atoms with Crippen LogP contribution < -0.4 is 19.5 Å². The topological polar surface area (TPSA) is 82.6 Å². The van der Waals surface area contributed by atoms with Crippen molar-refractivity contribution in [2.45, 2.75) is 32.7 Å². The van der Waals surface area contributed by atoms with E-state index >= 15 is 0 Å². The van der Waals surface area contributed by atoms with Gasteiger partial charge in [0, 0.05) is 13.0 Å². The number of nitrogens with one attached hydrogen (secondary N) is 1. The highest BCUT2D eigenvalue weighted by Gasteiger charge is 2.21. The molecule has 4 rings (SSSR count). The molecule has 1 atom stereocenters. The smallest absolute Gasteiger partial charge is 0.217 e. The first-order valence-electron chi connectivity index (χ1n) is 10.3. The number of carbonyl (C=O) groups excluding carboxylic acids is 1. The Labute approximate surface area is 185 Å². The molecule has 3 aromatic rings. The van der Waals surface area contributed by atoms with Gasteiger partial charge in [-0.3, -0.25) is 4.79 Å². The number of nitrogens with zero attached hydrogens (tertiary/aromatic N) is 2. The molecule has 8 heteroatoms. The summed E-state index contributed by atoms with van der Waals surface area (Å²) in [5, 5.41) is 4.21. The summed E-state index contributed by atoms with van der Waals surface area (Å²) in [5.41, 5.74) is 0.739. The van der Waals surface area contributed by atoms with Gasteiger partial charge in [-0.2, -0.15) is 0 Å². The van der Waals surface area contributed by atoms with Crippen LogP contribution in [0, 0.1) is 5.92 Å². The minimum Gasteiger partial charge on any atom is -0.493 e. The molecule has 1 aromatic carbocycles. The van der Waals surface area contributed by atoms with Gasteiger partial charge in [-0.05, 0) is 49.9 Å². The summed E-state index contributed by atoms with van der Waals surface area (Å²) >= 11 is 1.41. The van der Waals surface area contributed by atoms with Crippen molar-refractivity contribution in [1.82, 2.24) is 15.3 Å². The number of benzene rings is 1. The quantitative estimate of drug-likeness (QED) is 0.493. The molecule has 1 amide bonds. The SMILES string of the molecule is CC(=O)NC(C)COc1cnc(-c2ccc(Oc3cccc(OCC4CC4)c3)cn2)s1. The number of carbonyl (C=O) groups is 1. The standard InChI is InChI=1S/C23H25N3O4S/c1-15(26-16(2)27)13-29-22-12-25-23(31-22)21-9-8-20(11-24-21)30-19-5-3-4-18(10-19)28-14-17-6-7-17/h3-5,8-12,15,17H,6-7,13-14H2,1-2H3,(H,26,27). The molecule has 1 unspecified atom stereocenters. The molecule has 1 N–H and O–H groups in total. The van der Waals surface area contributed by atoms with Crippen molar-refractivity contribution in [1.29, 1.82) is 0 Å². The van der Waals surface area contributed by atoms with Crippen molar-refractivity contribution < 1.29 is 19.0 Å². The van der Waals surface area contributed by atoms with Gasteiger partial charge in [-0.15, -0.1) is 0 Å². The van der Waals surface area contributed by atoms with E-state index in [0.29, 0.717) is 29.1 Å². The van der Waals surface area contributed by atoms with Gasteiger partial charge in [0.25, 0.3) is 0 Å². The van der Waals surface area contributed by atoms with Crippen molar-refractivity contribution in [2.24, 2.45) is 5.92 Å². The lowest BCUT2D eigenvalue weighted by atomic mass is 10.3. The normalized spacial score (nSPS) is 14.0. The highest BCUT2D eigenvalue weighted by molar-refractivity contribution is 7.16. The Morgan fingerprint density at radius 1 is 1.13 bits per heavy atom. The zero-order valence-corrected chi connectivity index (χ0v) is 18.4. The molecule has 1 saturated carbocycles. The van der Waals surface area contributed by atoms with E-state index < -0.39 is 0 Å². The zero-order chi connectivity index (χ0) is 21.6. The van der Waals surface area contributed by atoms with Gasteiger partial charge in [0.2, 0.25) is 5.91 Å². The van der Waals surface area contributed by atoms with Gasteiger partial charge in [-0.1, -0.05) is 17.4 Å². The monoisotopic (exact) mass is 439 g/mol. The Bertz CT molecular complexity index is 1020. The van der Waals surface area contributed by atoms with Crippen molar-refractivity contribution >= 4 is 17.2 Å². The average Bonchev–Trinajstić information content (AvgIpc) is 3.47. The largest absolute Gasteiger partial charge is 0.493 e. The first-order valence-corrected chi connectivity index (χ1v) is 11.1. The van der Waals surface area contributed by atoms with Crippen LogP contribution in [0.3, 0.4) is 0 Å². The highest BCUT2D eigenvalue weighted by Crippen LogP contribution is 2.32. The number of amides is 1. The van der Waals surface area contributed by atoms with E-state index in [-0.39, 0.29) is 11.9 Å². The summed E-state index contributed by atoms with van der Waals surface area (Å²) in [4.78, 5) is 19.9. The highest BCUT2D eigenvalue weighted by atomic mass is 32.1. The molecule has 162 valence electrons. The van der Waals surface area contributed by atoms with Crippen LogP contribution in [0.25, 0.3) is 10.7 Å². The number of thiazole rings is 1. The fourth-order valence-corrected chi connectivity index (χ4v) is 3.62. The third kappa shape index (κ3) is 6.42. The molecule has 2 aromatic heterocycles. The van der Waals surface area contributed by atoms with E-state index in [9.17, 15) is 4.79 Å². The molecule has 31 heavy (non-hydrogen) atoms. The predicted molar refractivity (Wildman–Crippen MR) is 119 cm³/mol. The van der Waals surface area contributed by atoms with Gasteiger partial charge in [0.1, 0.15) is 28.9 Å². The Hall–Kier alpha value is -3.13.